The second kappa shape index (κ2) is 5.17. The molecule has 0 spiro atoms. The number of nitrogens with one attached hydrogen (secondary N) is 1. The molecule has 3 rings (SSSR count). The highest BCUT2D eigenvalue weighted by Crippen LogP contribution is 2.20. The zero-order chi connectivity index (χ0) is 13.2. The molecule has 0 bridgehead atoms. The van der Waals surface area contributed by atoms with E-state index in [0.717, 1.165) is 36.9 Å². The van der Waals surface area contributed by atoms with Gasteiger partial charge in [0.2, 0.25) is 0 Å². The van der Waals surface area contributed by atoms with Crippen LogP contribution in [-0.2, 0) is 13.0 Å². The number of benzene rings is 1. The first-order chi connectivity index (χ1) is 9.28. The Balaban J connectivity index is 1.79. The van der Waals surface area contributed by atoms with E-state index in [-0.39, 0.29) is 0 Å². The van der Waals surface area contributed by atoms with E-state index in [2.05, 4.69) is 41.6 Å². The second-order valence-electron chi connectivity index (χ2n) is 5.36. The van der Waals surface area contributed by atoms with Gasteiger partial charge in [-0.25, -0.2) is 4.98 Å². The maximum atomic E-state index is 4.69. The van der Waals surface area contributed by atoms with Crippen LogP contribution in [0, 0.1) is 0 Å². The SMILES string of the molecule is C=C(CNC1CC1)Cn1c(CC)nc2ccccc21. The van der Waals surface area contributed by atoms with E-state index in [0.29, 0.717) is 0 Å². The summed E-state index contributed by atoms with van der Waals surface area (Å²) in [5.41, 5.74) is 3.53. The molecule has 0 amide bonds. The highest BCUT2D eigenvalue weighted by Gasteiger charge is 2.20. The van der Waals surface area contributed by atoms with Gasteiger partial charge >= 0.3 is 0 Å². The summed E-state index contributed by atoms with van der Waals surface area (Å²) in [6.45, 7) is 8.14. The van der Waals surface area contributed by atoms with Gasteiger partial charge < -0.3 is 9.88 Å². The van der Waals surface area contributed by atoms with E-state index in [1.54, 1.807) is 0 Å². The summed E-state index contributed by atoms with van der Waals surface area (Å²) in [4.78, 5) is 4.69. The zero-order valence-corrected chi connectivity index (χ0v) is 11.5. The van der Waals surface area contributed by atoms with Crippen LogP contribution in [0.15, 0.2) is 36.4 Å². The van der Waals surface area contributed by atoms with Gasteiger partial charge in [0.1, 0.15) is 5.82 Å². The molecule has 1 aliphatic rings. The van der Waals surface area contributed by atoms with Crippen LogP contribution in [-0.4, -0.2) is 22.1 Å². The number of imidazole rings is 1. The van der Waals surface area contributed by atoms with E-state index < -0.39 is 0 Å². The molecule has 100 valence electrons. The van der Waals surface area contributed by atoms with Gasteiger partial charge in [0.25, 0.3) is 0 Å². The quantitative estimate of drug-likeness (QED) is 0.804. The summed E-state index contributed by atoms with van der Waals surface area (Å²) in [7, 11) is 0. The summed E-state index contributed by atoms with van der Waals surface area (Å²) in [6, 6.07) is 9.08. The number of hydrogen-bond acceptors (Lipinski definition) is 2. The fraction of sp³-hybridized carbons (Fsp3) is 0.438. The molecule has 0 saturated heterocycles. The number of nitrogens with zero attached hydrogens (tertiary/aromatic N) is 2. The van der Waals surface area contributed by atoms with Gasteiger partial charge in [0.15, 0.2) is 0 Å². The highest BCUT2D eigenvalue weighted by atomic mass is 15.1. The monoisotopic (exact) mass is 255 g/mol. The number of aromatic nitrogens is 2. The lowest BCUT2D eigenvalue weighted by atomic mass is 10.2. The van der Waals surface area contributed by atoms with Crippen molar-refractivity contribution in [2.45, 2.75) is 38.8 Å². The molecule has 1 saturated carbocycles. The van der Waals surface area contributed by atoms with Crippen LogP contribution >= 0.6 is 0 Å². The molecule has 3 heteroatoms. The van der Waals surface area contributed by atoms with E-state index in [1.807, 2.05) is 6.07 Å². The molecule has 3 nitrogen and oxygen atoms in total. The Labute approximate surface area is 114 Å². The van der Waals surface area contributed by atoms with Crippen molar-refractivity contribution in [1.82, 2.24) is 14.9 Å². The van der Waals surface area contributed by atoms with Crippen LogP contribution in [0.25, 0.3) is 11.0 Å². The summed E-state index contributed by atoms with van der Waals surface area (Å²) in [5, 5.41) is 3.52. The van der Waals surface area contributed by atoms with Crippen molar-refractivity contribution in [3.05, 3.63) is 42.2 Å². The molecule has 1 fully saturated rings. The van der Waals surface area contributed by atoms with Crippen molar-refractivity contribution in [1.29, 1.82) is 0 Å². The Hall–Kier alpha value is -1.61. The number of rotatable bonds is 6. The second-order valence-corrected chi connectivity index (χ2v) is 5.36. The number of para-hydroxylation sites is 2. The largest absolute Gasteiger partial charge is 0.324 e. The third kappa shape index (κ3) is 2.71. The fourth-order valence-electron chi connectivity index (χ4n) is 2.43. The fourth-order valence-corrected chi connectivity index (χ4v) is 2.43. The molecular formula is C16H21N3. The normalized spacial score (nSPS) is 15.0. The van der Waals surface area contributed by atoms with E-state index in [9.17, 15) is 0 Å². The molecule has 1 aromatic heterocycles. The van der Waals surface area contributed by atoms with Crippen molar-refractivity contribution in [2.24, 2.45) is 0 Å². The maximum absolute atomic E-state index is 4.69. The lowest BCUT2D eigenvalue weighted by Gasteiger charge is -2.11. The summed E-state index contributed by atoms with van der Waals surface area (Å²) in [6.07, 6.45) is 3.60. The van der Waals surface area contributed by atoms with Crippen molar-refractivity contribution >= 4 is 11.0 Å². The van der Waals surface area contributed by atoms with Crippen molar-refractivity contribution in [3.63, 3.8) is 0 Å². The van der Waals surface area contributed by atoms with Gasteiger partial charge in [0.05, 0.1) is 11.0 Å². The van der Waals surface area contributed by atoms with Gasteiger partial charge in [-0.3, -0.25) is 0 Å². The summed E-state index contributed by atoms with van der Waals surface area (Å²) >= 11 is 0. The smallest absolute Gasteiger partial charge is 0.109 e. The minimum absolute atomic E-state index is 0.738. The van der Waals surface area contributed by atoms with Gasteiger partial charge in [-0.15, -0.1) is 0 Å². The Morgan fingerprint density at radius 1 is 1.42 bits per heavy atom. The Bertz CT molecular complexity index is 593. The first-order valence-corrected chi connectivity index (χ1v) is 7.12. The third-order valence-corrected chi connectivity index (χ3v) is 3.65. The van der Waals surface area contributed by atoms with Crippen LogP contribution in [0.1, 0.15) is 25.6 Å². The number of hydrogen-bond donors (Lipinski definition) is 1. The van der Waals surface area contributed by atoms with Crippen LogP contribution in [0.3, 0.4) is 0 Å². The summed E-state index contributed by atoms with van der Waals surface area (Å²) in [5.74, 6) is 1.15. The topological polar surface area (TPSA) is 29.9 Å². The average Bonchev–Trinajstić information content (AvgIpc) is 3.19. The van der Waals surface area contributed by atoms with Crippen molar-refractivity contribution in [2.75, 3.05) is 6.54 Å². The number of fused-ring (bicyclic) bond motifs is 1. The molecule has 1 heterocycles. The predicted octanol–water partition coefficient (Wildman–Crippen LogP) is 2.91. The van der Waals surface area contributed by atoms with E-state index >= 15 is 0 Å². The molecule has 19 heavy (non-hydrogen) atoms. The van der Waals surface area contributed by atoms with E-state index in [4.69, 9.17) is 4.98 Å². The standard InChI is InChI=1S/C16H21N3/c1-3-16-18-14-6-4-5-7-15(14)19(16)11-12(2)10-17-13-8-9-13/h4-7,13,17H,2-3,8-11H2,1H3. The molecule has 2 aromatic rings. The van der Waals surface area contributed by atoms with Crippen molar-refractivity contribution in [3.8, 4) is 0 Å². The molecule has 0 aliphatic heterocycles. The third-order valence-electron chi connectivity index (χ3n) is 3.65. The minimum atomic E-state index is 0.738. The first kappa shape index (κ1) is 12.4. The molecule has 1 aromatic carbocycles. The van der Waals surface area contributed by atoms with Gasteiger partial charge in [-0.05, 0) is 30.5 Å². The highest BCUT2D eigenvalue weighted by molar-refractivity contribution is 5.76. The van der Waals surface area contributed by atoms with Gasteiger partial charge in [0, 0.05) is 25.6 Å². The minimum Gasteiger partial charge on any atom is -0.324 e. The van der Waals surface area contributed by atoms with Crippen LogP contribution < -0.4 is 5.32 Å². The Morgan fingerprint density at radius 2 is 2.21 bits per heavy atom. The molecule has 0 unspecified atom stereocenters. The molecule has 0 radical (unpaired) electrons. The first-order valence-electron chi connectivity index (χ1n) is 7.12. The van der Waals surface area contributed by atoms with Gasteiger partial charge in [-0.1, -0.05) is 25.6 Å². The lowest BCUT2D eigenvalue weighted by molar-refractivity contribution is 0.672. The van der Waals surface area contributed by atoms with Crippen molar-refractivity contribution < 1.29 is 0 Å². The molecule has 1 N–H and O–H groups in total. The number of aryl methyl sites for hydroxylation is 1. The Morgan fingerprint density at radius 3 is 2.95 bits per heavy atom. The average molecular weight is 255 g/mol. The zero-order valence-electron chi connectivity index (χ0n) is 11.5. The lowest BCUT2D eigenvalue weighted by Crippen LogP contribution is -2.21. The predicted molar refractivity (Wildman–Crippen MR) is 79.3 cm³/mol. The molecule has 1 aliphatic carbocycles. The summed E-state index contributed by atoms with van der Waals surface area (Å²) < 4.78 is 2.30. The van der Waals surface area contributed by atoms with Crippen LogP contribution in [0.2, 0.25) is 0 Å². The van der Waals surface area contributed by atoms with Gasteiger partial charge in [-0.2, -0.15) is 0 Å². The molecule has 0 atom stereocenters. The Kier molecular flexibility index (Phi) is 3.38. The maximum Gasteiger partial charge on any atom is 0.109 e. The van der Waals surface area contributed by atoms with E-state index in [1.165, 1.54) is 23.9 Å². The van der Waals surface area contributed by atoms with Crippen LogP contribution in [0.4, 0.5) is 0 Å². The molecular weight excluding hydrogens is 234 g/mol. The van der Waals surface area contributed by atoms with Crippen LogP contribution in [0.5, 0.6) is 0 Å².